The van der Waals surface area contributed by atoms with Crippen molar-refractivity contribution < 1.29 is 9.53 Å². The van der Waals surface area contributed by atoms with E-state index < -0.39 is 0 Å². The molecule has 0 unspecified atom stereocenters. The summed E-state index contributed by atoms with van der Waals surface area (Å²) in [6, 6.07) is 5.81. The first-order chi connectivity index (χ1) is 10.3. The number of nitrogens with zero attached hydrogens (tertiary/aromatic N) is 2. The summed E-state index contributed by atoms with van der Waals surface area (Å²) >= 11 is 0. The van der Waals surface area contributed by atoms with Gasteiger partial charge in [-0.1, -0.05) is 6.07 Å². The number of likely N-dealkylation sites (N-methyl/N-ethyl adjacent to an activating group) is 1. The van der Waals surface area contributed by atoms with Gasteiger partial charge >= 0.3 is 6.03 Å². The normalized spacial score (nSPS) is 18.2. The Hall–Kier alpha value is -1.62. The monoisotopic (exact) mass is 291 g/mol. The fraction of sp³-hybridized carbons (Fsp3) is 0.625. The van der Waals surface area contributed by atoms with Crippen molar-refractivity contribution in [1.29, 1.82) is 0 Å². The van der Waals surface area contributed by atoms with Gasteiger partial charge in [0.1, 0.15) is 0 Å². The van der Waals surface area contributed by atoms with Crippen LogP contribution in [0.15, 0.2) is 24.4 Å². The van der Waals surface area contributed by atoms with Crippen LogP contribution >= 0.6 is 0 Å². The summed E-state index contributed by atoms with van der Waals surface area (Å²) in [5.41, 5.74) is 1.01. The Morgan fingerprint density at radius 2 is 2.38 bits per heavy atom. The molecule has 1 aliphatic rings. The summed E-state index contributed by atoms with van der Waals surface area (Å²) in [6.45, 7) is 2.21. The van der Waals surface area contributed by atoms with Crippen molar-refractivity contribution in [2.24, 2.45) is 0 Å². The molecule has 116 valence electrons. The molecule has 0 radical (unpaired) electrons. The van der Waals surface area contributed by atoms with Crippen molar-refractivity contribution >= 4 is 6.03 Å². The predicted molar refractivity (Wildman–Crippen MR) is 82.2 cm³/mol. The molecule has 0 spiro atoms. The van der Waals surface area contributed by atoms with Crippen LogP contribution in [0.1, 0.15) is 31.4 Å². The van der Waals surface area contributed by atoms with Crippen LogP contribution in [0, 0.1) is 0 Å². The van der Waals surface area contributed by atoms with E-state index in [1.54, 1.807) is 11.1 Å². The molecule has 5 nitrogen and oxygen atoms in total. The largest absolute Gasteiger partial charge is 0.378 e. The molecular formula is C16H25N3O2. The molecule has 21 heavy (non-hydrogen) atoms. The summed E-state index contributed by atoms with van der Waals surface area (Å²) < 4.78 is 5.65. The minimum atomic E-state index is -0.0262. The van der Waals surface area contributed by atoms with E-state index in [0.29, 0.717) is 19.2 Å². The molecule has 0 saturated carbocycles. The number of rotatable bonds is 6. The Balaban J connectivity index is 1.60. The highest BCUT2D eigenvalue weighted by molar-refractivity contribution is 5.73. The van der Waals surface area contributed by atoms with Crippen LogP contribution in [-0.2, 0) is 11.2 Å². The zero-order chi connectivity index (χ0) is 14.9. The molecule has 0 bridgehead atoms. The highest BCUT2D eigenvalue weighted by Gasteiger charge is 2.14. The van der Waals surface area contributed by atoms with E-state index in [9.17, 15) is 4.79 Å². The van der Waals surface area contributed by atoms with Crippen molar-refractivity contribution in [3.8, 4) is 0 Å². The third kappa shape index (κ3) is 5.71. The van der Waals surface area contributed by atoms with Crippen molar-refractivity contribution in [3.63, 3.8) is 0 Å². The fourth-order valence-electron chi connectivity index (χ4n) is 2.44. The number of carbonyl (C=O) groups is 1. The summed E-state index contributed by atoms with van der Waals surface area (Å²) in [6.07, 6.45) is 7.29. The Labute approximate surface area is 126 Å². The molecule has 1 atom stereocenters. The molecule has 1 saturated heterocycles. The maximum atomic E-state index is 12.0. The van der Waals surface area contributed by atoms with E-state index in [2.05, 4.69) is 10.3 Å². The minimum absolute atomic E-state index is 0.0262. The molecule has 2 amide bonds. The summed E-state index contributed by atoms with van der Waals surface area (Å²) in [5, 5.41) is 2.95. The van der Waals surface area contributed by atoms with E-state index in [-0.39, 0.29) is 6.03 Å². The topological polar surface area (TPSA) is 54.5 Å². The molecule has 1 aliphatic heterocycles. The number of aromatic nitrogens is 1. The molecule has 2 rings (SSSR count). The molecule has 0 aromatic carbocycles. The Bertz CT molecular complexity index is 419. The first-order valence-electron chi connectivity index (χ1n) is 7.76. The number of ether oxygens (including phenoxy) is 1. The van der Waals surface area contributed by atoms with Crippen molar-refractivity contribution in [1.82, 2.24) is 15.2 Å². The molecular weight excluding hydrogens is 266 g/mol. The highest BCUT2D eigenvalue weighted by Crippen LogP contribution is 2.14. The van der Waals surface area contributed by atoms with Crippen LogP contribution < -0.4 is 5.32 Å². The van der Waals surface area contributed by atoms with E-state index in [4.69, 9.17) is 4.74 Å². The fourth-order valence-corrected chi connectivity index (χ4v) is 2.44. The standard InChI is InChI=1S/C16H25N3O2/c1-19(12-9-14-6-2-4-10-17-14)16(20)18-11-8-15-7-3-5-13-21-15/h2,4,6,10,15H,3,5,7-9,11-13H2,1H3,(H,18,20)/t15-/m0/s1. The highest BCUT2D eigenvalue weighted by atomic mass is 16.5. The predicted octanol–water partition coefficient (Wildman–Crippen LogP) is 2.22. The van der Waals surface area contributed by atoms with Crippen LogP contribution in [0.5, 0.6) is 0 Å². The third-order valence-corrected chi connectivity index (χ3v) is 3.79. The second kappa shape index (κ2) is 8.62. The minimum Gasteiger partial charge on any atom is -0.378 e. The zero-order valence-corrected chi connectivity index (χ0v) is 12.8. The van der Waals surface area contributed by atoms with Gasteiger partial charge in [-0.15, -0.1) is 0 Å². The van der Waals surface area contributed by atoms with Crippen molar-refractivity contribution in [2.45, 2.75) is 38.2 Å². The number of nitrogens with one attached hydrogen (secondary N) is 1. The third-order valence-electron chi connectivity index (χ3n) is 3.79. The summed E-state index contributed by atoms with van der Waals surface area (Å²) in [7, 11) is 1.81. The van der Waals surface area contributed by atoms with E-state index >= 15 is 0 Å². The summed E-state index contributed by atoms with van der Waals surface area (Å²) in [5.74, 6) is 0. The maximum absolute atomic E-state index is 12.0. The van der Waals surface area contributed by atoms with E-state index in [1.807, 2.05) is 25.2 Å². The number of urea groups is 1. The van der Waals surface area contributed by atoms with Gasteiger partial charge in [0, 0.05) is 45.1 Å². The van der Waals surface area contributed by atoms with Gasteiger partial charge in [0.2, 0.25) is 0 Å². The molecule has 1 aromatic heterocycles. The van der Waals surface area contributed by atoms with Crippen molar-refractivity contribution in [3.05, 3.63) is 30.1 Å². The van der Waals surface area contributed by atoms with Crippen LogP contribution in [0.2, 0.25) is 0 Å². The number of pyridine rings is 1. The first-order valence-corrected chi connectivity index (χ1v) is 7.76. The molecule has 1 fully saturated rings. The second-order valence-corrected chi connectivity index (χ2v) is 5.50. The van der Waals surface area contributed by atoms with Crippen LogP contribution in [0.3, 0.4) is 0 Å². The molecule has 1 aromatic rings. The average molecular weight is 291 g/mol. The number of hydrogen-bond donors (Lipinski definition) is 1. The van der Waals surface area contributed by atoms with Gasteiger partial charge < -0.3 is 15.0 Å². The lowest BCUT2D eigenvalue weighted by atomic mass is 10.1. The molecule has 0 aliphatic carbocycles. The molecule has 1 N–H and O–H groups in total. The van der Waals surface area contributed by atoms with Gasteiger partial charge in [0.25, 0.3) is 0 Å². The zero-order valence-electron chi connectivity index (χ0n) is 12.8. The van der Waals surface area contributed by atoms with Gasteiger partial charge in [0.05, 0.1) is 6.10 Å². The number of carbonyl (C=O) groups excluding carboxylic acids is 1. The smallest absolute Gasteiger partial charge is 0.317 e. The van der Waals surface area contributed by atoms with Crippen LogP contribution in [0.4, 0.5) is 4.79 Å². The average Bonchev–Trinajstić information content (AvgIpc) is 2.54. The Kier molecular flexibility index (Phi) is 6.47. The van der Waals surface area contributed by atoms with E-state index in [1.165, 1.54) is 12.8 Å². The molecule has 5 heteroatoms. The second-order valence-electron chi connectivity index (χ2n) is 5.50. The first kappa shape index (κ1) is 15.8. The SMILES string of the molecule is CN(CCc1ccccn1)C(=O)NCC[C@@H]1CCCCO1. The van der Waals surface area contributed by atoms with Gasteiger partial charge in [0.15, 0.2) is 0 Å². The quantitative estimate of drug-likeness (QED) is 0.874. The Morgan fingerprint density at radius 1 is 1.48 bits per heavy atom. The maximum Gasteiger partial charge on any atom is 0.317 e. The van der Waals surface area contributed by atoms with Crippen molar-refractivity contribution in [2.75, 3.05) is 26.7 Å². The lowest BCUT2D eigenvalue weighted by Crippen LogP contribution is -2.39. The van der Waals surface area contributed by atoms with Gasteiger partial charge in [-0.05, 0) is 37.8 Å². The lowest BCUT2D eigenvalue weighted by molar-refractivity contribution is 0.0118. The number of amides is 2. The number of hydrogen-bond acceptors (Lipinski definition) is 3. The van der Waals surface area contributed by atoms with E-state index in [0.717, 1.165) is 31.6 Å². The lowest BCUT2D eigenvalue weighted by Gasteiger charge is -2.23. The van der Waals surface area contributed by atoms with Gasteiger partial charge in [-0.25, -0.2) is 4.79 Å². The summed E-state index contributed by atoms with van der Waals surface area (Å²) in [4.78, 5) is 17.9. The molecule has 2 heterocycles. The van der Waals surface area contributed by atoms with Gasteiger partial charge in [-0.3, -0.25) is 4.98 Å². The van der Waals surface area contributed by atoms with Crippen LogP contribution in [0.25, 0.3) is 0 Å². The Morgan fingerprint density at radius 3 is 3.10 bits per heavy atom. The van der Waals surface area contributed by atoms with Crippen LogP contribution in [-0.4, -0.2) is 48.8 Å². The van der Waals surface area contributed by atoms with Gasteiger partial charge in [-0.2, -0.15) is 0 Å².